The van der Waals surface area contributed by atoms with Crippen LogP contribution in [-0.4, -0.2) is 34.0 Å². The summed E-state index contributed by atoms with van der Waals surface area (Å²) in [6.45, 7) is 3.77. The SMILES string of the molecule is CCc1ccc(N=Nc2c(O)c(C(=O)Nc3ccc(NC(=O)c4cc5ccccc5c(N=Nc5ccc(CC)c(C(=O)Oc6cc(Cl)ccc6Cl)c5)c4O)cc3)cc3ccccc23)cc1C(=O)Oc1cc(Cl)ccc1Cl. The Hall–Kier alpha value is -8.66. The number of hydrogen-bond acceptors (Lipinski definition) is 12. The number of rotatable bonds is 14. The molecule has 0 heterocycles. The summed E-state index contributed by atoms with van der Waals surface area (Å²) in [6.07, 6.45) is 1.01. The Kier molecular flexibility index (Phi) is 15.7. The maximum absolute atomic E-state index is 13.9. The molecule has 378 valence electrons. The smallest absolute Gasteiger partial charge is 0.343 e. The summed E-state index contributed by atoms with van der Waals surface area (Å²) in [6, 6.07) is 42.1. The highest BCUT2D eigenvalue weighted by Gasteiger charge is 2.23. The second-order valence-corrected chi connectivity index (χ2v) is 18.6. The number of esters is 2. The van der Waals surface area contributed by atoms with Crippen LogP contribution in [0.1, 0.15) is 66.4 Å². The third kappa shape index (κ3) is 11.5. The minimum Gasteiger partial charge on any atom is -0.505 e. The van der Waals surface area contributed by atoms with E-state index in [1.54, 1.807) is 109 Å². The van der Waals surface area contributed by atoms with E-state index in [0.717, 1.165) is 0 Å². The minimum atomic E-state index is -0.685. The number of phenolic OH excluding ortho intramolecular Hbond substituents is 2. The van der Waals surface area contributed by atoms with E-state index >= 15 is 0 Å². The van der Waals surface area contributed by atoms with Gasteiger partial charge in [0, 0.05) is 44.3 Å². The van der Waals surface area contributed by atoms with E-state index in [0.29, 0.717) is 66.9 Å². The van der Waals surface area contributed by atoms with E-state index in [2.05, 4.69) is 31.1 Å². The average Bonchev–Trinajstić information content (AvgIpc) is 3.42. The maximum atomic E-state index is 13.9. The number of hydrogen-bond donors (Lipinski definition) is 4. The molecule has 0 saturated carbocycles. The zero-order valence-corrected chi connectivity index (χ0v) is 43.1. The number of halogens is 4. The number of benzene rings is 9. The van der Waals surface area contributed by atoms with Gasteiger partial charge in [-0.15, -0.1) is 10.2 Å². The number of carbonyl (C=O) groups is 4. The highest BCUT2D eigenvalue weighted by molar-refractivity contribution is 6.35. The van der Waals surface area contributed by atoms with E-state index < -0.39 is 35.3 Å². The van der Waals surface area contributed by atoms with Crippen LogP contribution >= 0.6 is 46.4 Å². The first kappa shape index (κ1) is 52.2. The number of nitrogens with one attached hydrogen (secondary N) is 2. The third-order valence-corrected chi connectivity index (χ3v) is 13.1. The first-order chi connectivity index (χ1) is 36.7. The van der Waals surface area contributed by atoms with Crippen LogP contribution < -0.4 is 20.1 Å². The van der Waals surface area contributed by atoms with Crippen molar-refractivity contribution >= 4 is 126 Å². The fraction of sp³-hybridized carbons (Fsp3) is 0.0690. The van der Waals surface area contributed by atoms with Gasteiger partial charge in [-0.25, -0.2) is 9.59 Å². The van der Waals surface area contributed by atoms with Crippen molar-refractivity contribution in [1.82, 2.24) is 0 Å². The van der Waals surface area contributed by atoms with Crippen molar-refractivity contribution in [3.63, 3.8) is 0 Å². The monoisotopic (exact) mass is 1090 g/mol. The van der Waals surface area contributed by atoms with E-state index in [1.807, 2.05) is 13.8 Å². The molecule has 0 aliphatic heterocycles. The predicted octanol–water partition coefficient (Wildman–Crippen LogP) is 16.9. The number of amides is 2. The summed E-state index contributed by atoms with van der Waals surface area (Å²) < 4.78 is 11.2. The largest absolute Gasteiger partial charge is 0.505 e. The molecule has 0 bridgehead atoms. The number of aryl methyl sites for hydroxylation is 2. The zero-order chi connectivity index (χ0) is 53.6. The number of fused-ring (bicyclic) bond motifs is 2. The lowest BCUT2D eigenvalue weighted by atomic mass is 10.0. The molecule has 4 N–H and O–H groups in total. The Morgan fingerprint density at radius 3 is 1.25 bits per heavy atom. The van der Waals surface area contributed by atoms with Crippen LogP contribution in [0.5, 0.6) is 23.0 Å². The van der Waals surface area contributed by atoms with E-state index in [1.165, 1.54) is 48.5 Å². The molecule has 9 aromatic carbocycles. The van der Waals surface area contributed by atoms with Crippen LogP contribution in [0.2, 0.25) is 20.1 Å². The first-order valence-corrected chi connectivity index (χ1v) is 24.8. The van der Waals surface area contributed by atoms with Gasteiger partial charge in [-0.3, -0.25) is 9.59 Å². The first-order valence-electron chi connectivity index (χ1n) is 23.3. The molecule has 0 aliphatic rings. The molecule has 0 atom stereocenters. The third-order valence-electron chi connectivity index (χ3n) is 12.0. The summed E-state index contributed by atoms with van der Waals surface area (Å²) in [7, 11) is 0. The number of phenols is 2. The van der Waals surface area contributed by atoms with Crippen molar-refractivity contribution in [2.45, 2.75) is 26.7 Å². The number of carbonyl (C=O) groups excluding carboxylic acids is 4. The molecule has 0 unspecified atom stereocenters. The number of ether oxygens (including phenoxy) is 2. The topological polar surface area (TPSA) is 201 Å². The number of aromatic hydroxyl groups is 2. The molecule has 9 rings (SSSR count). The van der Waals surface area contributed by atoms with Crippen molar-refractivity contribution in [2.24, 2.45) is 20.5 Å². The number of anilines is 2. The van der Waals surface area contributed by atoms with Crippen molar-refractivity contribution in [3.8, 4) is 23.0 Å². The van der Waals surface area contributed by atoms with E-state index in [9.17, 15) is 29.4 Å². The van der Waals surface area contributed by atoms with Gasteiger partial charge < -0.3 is 30.3 Å². The van der Waals surface area contributed by atoms with Gasteiger partial charge in [-0.2, -0.15) is 10.2 Å². The molecule has 0 radical (unpaired) electrons. The Morgan fingerprint density at radius 1 is 0.461 bits per heavy atom. The van der Waals surface area contributed by atoms with Crippen LogP contribution in [-0.2, 0) is 12.8 Å². The molecule has 18 heteroatoms. The second kappa shape index (κ2) is 22.8. The number of nitrogens with zero attached hydrogens (tertiary/aromatic N) is 4. The zero-order valence-electron chi connectivity index (χ0n) is 40.1. The van der Waals surface area contributed by atoms with Gasteiger partial charge in [0.15, 0.2) is 23.0 Å². The Morgan fingerprint density at radius 2 is 0.855 bits per heavy atom. The molecular weight excluding hydrogens is 1050 g/mol. The number of azo groups is 2. The van der Waals surface area contributed by atoms with Crippen molar-refractivity contribution < 1.29 is 38.9 Å². The highest BCUT2D eigenvalue weighted by atomic mass is 35.5. The predicted molar refractivity (Wildman–Crippen MR) is 296 cm³/mol. The molecule has 0 aromatic heterocycles. The Balaban J connectivity index is 0.919. The Labute approximate surface area is 454 Å². The summed E-state index contributed by atoms with van der Waals surface area (Å²) in [5.41, 5.74) is 2.78. The summed E-state index contributed by atoms with van der Waals surface area (Å²) in [4.78, 5) is 54.5. The van der Waals surface area contributed by atoms with Gasteiger partial charge >= 0.3 is 11.9 Å². The van der Waals surface area contributed by atoms with Crippen LogP contribution in [0.3, 0.4) is 0 Å². The summed E-state index contributed by atoms with van der Waals surface area (Å²) in [5, 5.41) is 49.5. The van der Waals surface area contributed by atoms with Gasteiger partial charge in [0.25, 0.3) is 11.8 Å². The van der Waals surface area contributed by atoms with Crippen molar-refractivity contribution in [1.29, 1.82) is 0 Å². The quantitative estimate of drug-likeness (QED) is 0.0468. The van der Waals surface area contributed by atoms with Crippen LogP contribution in [0, 0.1) is 0 Å². The van der Waals surface area contributed by atoms with Gasteiger partial charge in [-0.05, 0) is 120 Å². The molecular formula is C58H40Cl4N6O8. The van der Waals surface area contributed by atoms with E-state index in [-0.39, 0.29) is 66.5 Å². The molecule has 0 saturated heterocycles. The maximum Gasteiger partial charge on any atom is 0.343 e. The van der Waals surface area contributed by atoms with E-state index in [4.69, 9.17) is 55.9 Å². The normalized spacial score (nSPS) is 11.3. The Bertz CT molecular complexity index is 3620. The standard InChI is InChI=1S/C58H40Cl4N6O8/c1-3-31-13-17-39(29-43(31)57(73)75-49-27-35(59)15-23-47(49)61)65-67-51-41-11-7-5-9-33(41)25-45(53(51)69)55(71)63-37-19-21-38(22-20-37)64-56(72)46-26-34-10-6-8-12-42(34)52(54(46)70)68-66-40-18-14-32(4-2)44(30-40)58(74)76-50-28-36(60)16-24-48(50)62/h5-30,69-70H,3-4H2,1-2H3,(H,63,71)(H,64,72). The highest BCUT2D eigenvalue weighted by Crippen LogP contribution is 2.42. The van der Waals surface area contributed by atoms with Gasteiger partial charge in [-0.1, -0.05) is 121 Å². The van der Waals surface area contributed by atoms with Crippen LogP contribution in [0.15, 0.2) is 178 Å². The van der Waals surface area contributed by atoms with Crippen LogP contribution in [0.25, 0.3) is 21.5 Å². The van der Waals surface area contributed by atoms with Gasteiger partial charge in [0.05, 0.1) is 43.7 Å². The molecule has 9 aromatic rings. The lowest BCUT2D eigenvalue weighted by molar-refractivity contribution is 0.0724. The second-order valence-electron chi connectivity index (χ2n) is 16.9. The molecule has 76 heavy (non-hydrogen) atoms. The lowest BCUT2D eigenvalue weighted by Crippen LogP contribution is -2.13. The minimum absolute atomic E-state index is 0.00988. The molecule has 2 amide bonds. The fourth-order valence-electron chi connectivity index (χ4n) is 8.10. The molecule has 0 fully saturated rings. The lowest BCUT2D eigenvalue weighted by Gasteiger charge is -2.13. The molecule has 0 aliphatic carbocycles. The van der Waals surface area contributed by atoms with Gasteiger partial charge in [0.2, 0.25) is 0 Å². The fourth-order valence-corrected chi connectivity index (χ4v) is 8.74. The van der Waals surface area contributed by atoms with Gasteiger partial charge in [0.1, 0.15) is 11.4 Å². The molecule has 0 spiro atoms. The average molecular weight is 1090 g/mol. The van der Waals surface area contributed by atoms with Crippen molar-refractivity contribution in [3.05, 3.63) is 211 Å². The molecule has 14 nitrogen and oxygen atoms in total. The summed E-state index contributed by atoms with van der Waals surface area (Å²) >= 11 is 24.7. The summed E-state index contributed by atoms with van der Waals surface area (Å²) in [5.74, 6) is -3.42. The van der Waals surface area contributed by atoms with Crippen LogP contribution in [0.4, 0.5) is 34.1 Å². The van der Waals surface area contributed by atoms with Crippen molar-refractivity contribution in [2.75, 3.05) is 10.6 Å².